The number of hydrogen-bond donors (Lipinski definition) is 1. The summed E-state index contributed by atoms with van der Waals surface area (Å²) in [5.41, 5.74) is 7.83. The molecule has 0 aliphatic heterocycles. The van der Waals surface area contributed by atoms with Crippen molar-refractivity contribution in [3.8, 4) is 10.7 Å². The van der Waals surface area contributed by atoms with Crippen LogP contribution in [0, 0.1) is 0 Å². The average Bonchev–Trinajstić information content (AvgIpc) is 2.89. The molecule has 0 radical (unpaired) electrons. The number of anilines is 1. The van der Waals surface area contributed by atoms with Crippen LogP contribution in [0.5, 0.6) is 0 Å². The molecule has 0 amide bonds. The molecule has 3 rings (SSSR count). The minimum absolute atomic E-state index is 0.506. The van der Waals surface area contributed by atoms with Crippen LogP contribution in [-0.2, 0) is 6.54 Å². The number of hydrogen-bond acceptors (Lipinski definition) is 5. The summed E-state index contributed by atoms with van der Waals surface area (Å²) in [5, 5.41) is 13.9. The molecule has 0 unspecified atom stereocenters. The van der Waals surface area contributed by atoms with E-state index in [1.165, 1.54) is 29.9 Å². The maximum absolute atomic E-state index is 5.60. The summed E-state index contributed by atoms with van der Waals surface area (Å²) in [5.74, 6) is 0.664. The van der Waals surface area contributed by atoms with Crippen LogP contribution in [0.3, 0.4) is 0 Å². The van der Waals surface area contributed by atoms with Crippen molar-refractivity contribution in [2.45, 2.75) is 32.2 Å². The van der Waals surface area contributed by atoms with E-state index in [0.29, 0.717) is 11.0 Å². The van der Waals surface area contributed by atoms with E-state index in [9.17, 15) is 0 Å². The van der Waals surface area contributed by atoms with Crippen LogP contribution in [0.2, 0.25) is 0 Å². The molecule has 0 atom stereocenters. The van der Waals surface area contributed by atoms with E-state index in [4.69, 9.17) is 5.73 Å². The van der Waals surface area contributed by atoms with Crippen molar-refractivity contribution in [3.63, 3.8) is 0 Å². The van der Waals surface area contributed by atoms with Crippen LogP contribution < -0.4 is 5.73 Å². The first-order valence-electron chi connectivity index (χ1n) is 5.45. The van der Waals surface area contributed by atoms with Crippen LogP contribution in [-0.4, -0.2) is 20.0 Å². The lowest BCUT2D eigenvalue weighted by Crippen LogP contribution is -1.99. The van der Waals surface area contributed by atoms with Gasteiger partial charge < -0.3 is 5.73 Å². The number of aryl methyl sites for hydroxylation is 1. The van der Waals surface area contributed by atoms with Crippen LogP contribution in [0.1, 0.15) is 31.4 Å². The van der Waals surface area contributed by atoms with E-state index >= 15 is 0 Å². The van der Waals surface area contributed by atoms with E-state index in [1.807, 2.05) is 4.68 Å². The van der Waals surface area contributed by atoms with Gasteiger partial charge in [-0.1, -0.05) is 11.3 Å². The Morgan fingerprint density at radius 1 is 1.50 bits per heavy atom. The molecular weight excluding hydrogens is 222 g/mol. The third kappa shape index (κ3) is 1.59. The number of aromatic nitrogens is 4. The highest BCUT2D eigenvalue weighted by molar-refractivity contribution is 7.18. The van der Waals surface area contributed by atoms with E-state index in [-0.39, 0.29) is 0 Å². The summed E-state index contributed by atoms with van der Waals surface area (Å²) < 4.78 is 1.98. The van der Waals surface area contributed by atoms with Crippen molar-refractivity contribution < 1.29 is 0 Å². The van der Waals surface area contributed by atoms with Crippen molar-refractivity contribution in [1.29, 1.82) is 0 Å². The van der Waals surface area contributed by atoms with Gasteiger partial charge in [-0.3, -0.25) is 4.68 Å². The highest BCUT2D eigenvalue weighted by Crippen LogP contribution is 2.40. The summed E-state index contributed by atoms with van der Waals surface area (Å²) in [7, 11) is 0. The summed E-state index contributed by atoms with van der Waals surface area (Å²) in [6.07, 6.45) is 2.52. The van der Waals surface area contributed by atoms with Crippen molar-refractivity contribution in [1.82, 2.24) is 20.0 Å². The van der Waals surface area contributed by atoms with Crippen molar-refractivity contribution >= 4 is 16.5 Å². The maximum Gasteiger partial charge on any atom is 0.203 e. The molecule has 16 heavy (non-hydrogen) atoms. The third-order valence-corrected chi connectivity index (χ3v) is 3.53. The monoisotopic (exact) mass is 235 g/mol. The first-order valence-corrected chi connectivity index (χ1v) is 6.26. The summed E-state index contributed by atoms with van der Waals surface area (Å²) >= 11 is 1.41. The Morgan fingerprint density at radius 2 is 2.31 bits per heavy atom. The van der Waals surface area contributed by atoms with Crippen molar-refractivity contribution in [2.75, 3.05) is 5.73 Å². The van der Waals surface area contributed by atoms with Crippen molar-refractivity contribution in [2.24, 2.45) is 0 Å². The highest BCUT2D eigenvalue weighted by Gasteiger charge is 2.27. The normalized spacial score (nSPS) is 15.6. The molecule has 2 aromatic heterocycles. The molecule has 1 aliphatic carbocycles. The molecule has 1 aliphatic rings. The number of nitrogens with two attached hydrogens (primary N) is 1. The van der Waals surface area contributed by atoms with E-state index < -0.39 is 0 Å². The second-order valence-electron chi connectivity index (χ2n) is 3.99. The molecule has 84 valence electrons. The summed E-state index contributed by atoms with van der Waals surface area (Å²) in [6, 6.07) is 2.13. The van der Waals surface area contributed by atoms with Gasteiger partial charge in [-0.25, -0.2) is 0 Å². The van der Waals surface area contributed by atoms with Crippen LogP contribution in [0.4, 0.5) is 5.13 Å². The molecule has 2 N–H and O–H groups in total. The first kappa shape index (κ1) is 9.77. The molecule has 2 aromatic rings. The van der Waals surface area contributed by atoms with Gasteiger partial charge in [0.05, 0.1) is 11.4 Å². The van der Waals surface area contributed by atoms with Gasteiger partial charge in [0.1, 0.15) is 0 Å². The molecular formula is C10H13N5S. The fourth-order valence-electron chi connectivity index (χ4n) is 1.77. The Balaban J connectivity index is 2.04. The van der Waals surface area contributed by atoms with Gasteiger partial charge >= 0.3 is 0 Å². The number of rotatable bonds is 3. The van der Waals surface area contributed by atoms with Gasteiger partial charge in [0, 0.05) is 12.5 Å². The predicted octanol–water partition coefficient (Wildman–Crippen LogP) is 1.88. The van der Waals surface area contributed by atoms with Crippen molar-refractivity contribution in [3.05, 3.63) is 11.8 Å². The fourth-order valence-corrected chi connectivity index (χ4v) is 2.40. The molecule has 1 fully saturated rings. The topological polar surface area (TPSA) is 69.6 Å². The van der Waals surface area contributed by atoms with E-state index in [0.717, 1.165) is 17.2 Å². The molecule has 1 saturated carbocycles. The minimum Gasteiger partial charge on any atom is -0.374 e. The zero-order valence-electron chi connectivity index (χ0n) is 9.05. The summed E-state index contributed by atoms with van der Waals surface area (Å²) in [6.45, 7) is 2.93. The molecule has 2 heterocycles. The van der Waals surface area contributed by atoms with Gasteiger partial charge in [0.2, 0.25) is 5.13 Å². The second kappa shape index (κ2) is 3.55. The molecule has 0 saturated heterocycles. The van der Waals surface area contributed by atoms with E-state index in [2.05, 4.69) is 28.3 Å². The lowest BCUT2D eigenvalue weighted by molar-refractivity contribution is 0.653. The zero-order valence-corrected chi connectivity index (χ0v) is 9.87. The lowest BCUT2D eigenvalue weighted by atomic mass is 10.3. The minimum atomic E-state index is 0.506. The first-order chi connectivity index (χ1) is 7.78. The summed E-state index contributed by atoms with van der Waals surface area (Å²) in [4.78, 5) is 0. The Hall–Kier alpha value is -1.43. The Kier molecular flexibility index (Phi) is 2.17. The fraction of sp³-hybridized carbons (Fsp3) is 0.500. The van der Waals surface area contributed by atoms with Gasteiger partial charge in [-0.05, 0) is 25.8 Å². The standard InChI is InChI=1S/C10H13N5S/c1-2-15-8(9-12-13-10(11)16-9)5-7(14-15)6-3-4-6/h5-6H,2-4H2,1H3,(H2,11,13). The Bertz CT molecular complexity index is 511. The largest absolute Gasteiger partial charge is 0.374 e. The number of nitrogen functional groups attached to an aromatic ring is 1. The molecule has 6 heteroatoms. The molecule has 5 nitrogen and oxygen atoms in total. The zero-order chi connectivity index (χ0) is 11.1. The molecule has 0 aromatic carbocycles. The van der Waals surface area contributed by atoms with Gasteiger partial charge in [0.25, 0.3) is 0 Å². The smallest absolute Gasteiger partial charge is 0.203 e. The predicted molar refractivity (Wildman–Crippen MR) is 63.2 cm³/mol. The van der Waals surface area contributed by atoms with E-state index in [1.54, 1.807) is 0 Å². The van der Waals surface area contributed by atoms with Gasteiger partial charge in [-0.15, -0.1) is 10.2 Å². The molecule has 0 spiro atoms. The second-order valence-corrected chi connectivity index (χ2v) is 5.00. The Labute approximate surface area is 97.3 Å². The lowest BCUT2D eigenvalue weighted by Gasteiger charge is -1.98. The number of nitrogens with zero attached hydrogens (tertiary/aromatic N) is 4. The van der Waals surface area contributed by atoms with Gasteiger partial charge in [0.15, 0.2) is 5.01 Å². The average molecular weight is 235 g/mol. The Morgan fingerprint density at radius 3 is 2.88 bits per heavy atom. The molecule has 0 bridgehead atoms. The van der Waals surface area contributed by atoms with Crippen LogP contribution in [0.15, 0.2) is 6.07 Å². The quantitative estimate of drug-likeness (QED) is 0.881. The third-order valence-electron chi connectivity index (χ3n) is 2.75. The SMILES string of the molecule is CCn1nc(C2CC2)cc1-c1nnc(N)s1. The highest BCUT2D eigenvalue weighted by atomic mass is 32.1. The van der Waals surface area contributed by atoms with Gasteiger partial charge in [-0.2, -0.15) is 5.10 Å². The van der Waals surface area contributed by atoms with Crippen LogP contribution >= 0.6 is 11.3 Å². The maximum atomic E-state index is 5.60. The van der Waals surface area contributed by atoms with Crippen LogP contribution in [0.25, 0.3) is 10.7 Å².